The van der Waals surface area contributed by atoms with Crippen molar-refractivity contribution in [1.82, 2.24) is 9.88 Å². The van der Waals surface area contributed by atoms with Crippen LogP contribution in [0.25, 0.3) is 0 Å². The molecule has 17 heavy (non-hydrogen) atoms. The van der Waals surface area contributed by atoms with Crippen molar-refractivity contribution < 1.29 is 5.11 Å². The molecular weight excluding hydrogens is 216 g/mol. The van der Waals surface area contributed by atoms with E-state index in [0.29, 0.717) is 13.1 Å². The number of nitrogens with zero attached hydrogens (tertiary/aromatic N) is 2. The molecule has 96 valence electrons. The van der Waals surface area contributed by atoms with E-state index in [1.807, 2.05) is 51.2 Å². The van der Waals surface area contributed by atoms with Crippen LogP contribution in [0, 0.1) is 0 Å². The number of likely N-dealkylation sites (N-methyl/N-ethyl adjacent to an activating group) is 1. The van der Waals surface area contributed by atoms with Crippen LogP contribution in [0.2, 0.25) is 0 Å². The Morgan fingerprint density at radius 2 is 2.00 bits per heavy atom. The minimum absolute atomic E-state index is 0.464. The van der Waals surface area contributed by atoms with Gasteiger partial charge in [0.25, 0.3) is 0 Å². The standard InChI is InChI=1S/C12H22N4O/c1-12(17,9-16(3)4)8-14-11-7-5-6-10(13-2)15-11/h5-7,17H,8-9H2,1-4H3,(H2,13,14,15). The zero-order valence-corrected chi connectivity index (χ0v) is 11.0. The Bertz CT molecular complexity index is 352. The molecule has 1 heterocycles. The van der Waals surface area contributed by atoms with E-state index in [1.165, 1.54) is 0 Å². The first-order valence-electron chi connectivity index (χ1n) is 5.69. The van der Waals surface area contributed by atoms with Crippen LogP contribution in [0.1, 0.15) is 6.92 Å². The predicted octanol–water partition coefficient (Wildman–Crippen LogP) is 0.848. The number of anilines is 2. The number of pyridine rings is 1. The molecular formula is C12H22N4O. The second-order valence-electron chi connectivity index (χ2n) is 4.75. The van der Waals surface area contributed by atoms with Crippen LogP contribution in [-0.4, -0.2) is 54.8 Å². The van der Waals surface area contributed by atoms with Crippen LogP contribution >= 0.6 is 0 Å². The largest absolute Gasteiger partial charge is 0.387 e. The Balaban J connectivity index is 2.54. The van der Waals surface area contributed by atoms with Gasteiger partial charge >= 0.3 is 0 Å². The summed E-state index contributed by atoms with van der Waals surface area (Å²) in [6.07, 6.45) is 0. The Kier molecular flexibility index (Phi) is 4.72. The van der Waals surface area contributed by atoms with Gasteiger partial charge < -0.3 is 20.6 Å². The summed E-state index contributed by atoms with van der Waals surface area (Å²) in [6.45, 7) is 2.87. The highest BCUT2D eigenvalue weighted by atomic mass is 16.3. The molecule has 5 heteroatoms. The summed E-state index contributed by atoms with van der Waals surface area (Å²) in [4.78, 5) is 6.28. The summed E-state index contributed by atoms with van der Waals surface area (Å²) in [7, 11) is 5.71. The molecule has 0 radical (unpaired) electrons. The Morgan fingerprint density at radius 3 is 2.59 bits per heavy atom. The smallest absolute Gasteiger partial charge is 0.128 e. The molecule has 0 aliphatic carbocycles. The van der Waals surface area contributed by atoms with Crippen LogP contribution in [0.15, 0.2) is 18.2 Å². The molecule has 0 aromatic carbocycles. The lowest BCUT2D eigenvalue weighted by Crippen LogP contribution is -2.43. The molecule has 0 aliphatic heterocycles. The van der Waals surface area contributed by atoms with Gasteiger partial charge in [-0.2, -0.15) is 0 Å². The SMILES string of the molecule is CNc1cccc(NCC(C)(O)CN(C)C)n1. The van der Waals surface area contributed by atoms with E-state index < -0.39 is 5.60 Å². The normalized spacial score (nSPS) is 14.5. The highest BCUT2D eigenvalue weighted by molar-refractivity contribution is 5.44. The van der Waals surface area contributed by atoms with Gasteiger partial charge in [-0.1, -0.05) is 6.07 Å². The molecule has 5 nitrogen and oxygen atoms in total. The van der Waals surface area contributed by atoms with Crippen molar-refractivity contribution in [1.29, 1.82) is 0 Å². The lowest BCUT2D eigenvalue weighted by atomic mass is 10.1. The fourth-order valence-corrected chi connectivity index (χ4v) is 1.69. The van der Waals surface area contributed by atoms with Gasteiger partial charge in [-0.25, -0.2) is 4.98 Å². The van der Waals surface area contributed by atoms with Gasteiger partial charge in [-0.15, -0.1) is 0 Å². The monoisotopic (exact) mass is 238 g/mol. The topological polar surface area (TPSA) is 60.4 Å². The molecule has 0 saturated carbocycles. The van der Waals surface area contributed by atoms with Crippen LogP contribution in [0.5, 0.6) is 0 Å². The number of rotatable bonds is 6. The van der Waals surface area contributed by atoms with Crippen molar-refractivity contribution in [2.24, 2.45) is 0 Å². The highest BCUT2D eigenvalue weighted by Gasteiger charge is 2.20. The fourth-order valence-electron chi connectivity index (χ4n) is 1.69. The number of hydrogen-bond donors (Lipinski definition) is 3. The van der Waals surface area contributed by atoms with Gasteiger partial charge in [0, 0.05) is 20.1 Å². The third kappa shape index (κ3) is 5.01. The minimum atomic E-state index is -0.777. The predicted molar refractivity (Wildman–Crippen MR) is 71.5 cm³/mol. The van der Waals surface area contributed by atoms with E-state index in [0.717, 1.165) is 11.6 Å². The summed E-state index contributed by atoms with van der Waals surface area (Å²) < 4.78 is 0. The molecule has 0 amide bonds. The van der Waals surface area contributed by atoms with Crippen molar-refractivity contribution in [2.45, 2.75) is 12.5 Å². The quantitative estimate of drug-likeness (QED) is 0.686. The van der Waals surface area contributed by atoms with E-state index in [9.17, 15) is 5.11 Å². The summed E-state index contributed by atoms with van der Waals surface area (Å²) in [5.41, 5.74) is -0.777. The molecule has 3 N–H and O–H groups in total. The van der Waals surface area contributed by atoms with Gasteiger partial charge in [-0.05, 0) is 33.2 Å². The van der Waals surface area contributed by atoms with E-state index in [4.69, 9.17) is 0 Å². The van der Waals surface area contributed by atoms with Crippen molar-refractivity contribution in [3.05, 3.63) is 18.2 Å². The van der Waals surface area contributed by atoms with Crippen molar-refractivity contribution in [2.75, 3.05) is 44.9 Å². The Hall–Kier alpha value is -1.33. The van der Waals surface area contributed by atoms with Gasteiger partial charge in [0.05, 0.1) is 5.60 Å². The first-order valence-corrected chi connectivity index (χ1v) is 5.69. The fraction of sp³-hybridized carbons (Fsp3) is 0.583. The lowest BCUT2D eigenvalue weighted by Gasteiger charge is -2.27. The lowest BCUT2D eigenvalue weighted by molar-refractivity contribution is 0.0459. The first kappa shape index (κ1) is 13.7. The third-order valence-electron chi connectivity index (χ3n) is 2.31. The molecule has 0 fully saturated rings. The van der Waals surface area contributed by atoms with Crippen molar-refractivity contribution >= 4 is 11.6 Å². The molecule has 1 unspecified atom stereocenters. The number of aliphatic hydroxyl groups is 1. The Labute approximate surface area is 103 Å². The van der Waals surface area contributed by atoms with Gasteiger partial charge in [0.15, 0.2) is 0 Å². The van der Waals surface area contributed by atoms with E-state index in [2.05, 4.69) is 15.6 Å². The van der Waals surface area contributed by atoms with E-state index >= 15 is 0 Å². The van der Waals surface area contributed by atoms with Gasteiger partial charge in [-0.3, -0.25) is 0 Å². The third-order valence-corrected chi connectivity index (χ3v) is 2.31. The van der Waals surface area contributed by atoms with Crippen LogP contribution in [0.3, 0.4) is 0 Å². The number of hydrogen-bond acceptors (Lipinski definition) is 5. The van der Waals surface area contributed by atoms with Crippen LogP contribution in [-0.2, 0) is 0 Å². The maximum atomic E-state index is 10.1. The second kappa shape index (κ2) is 5.84. The average molecular weight is 238 g/mol. The van der Waals surface area contributed by atoms with Gasteiger partial charge in [0.1, 0.15) is 11.6 Å². The Morgan fingerprint density at radius 1 is 1.35 bits per heavy atom. The summed E-state index contributed by atoms with van der Waals surface area (Å²) >= 11 is 0. The zero-order valence-electron chi connectivity index (χ0n) is 11.0. The molecule has 0 aliphatic rings. The van der Waals surface area contributed by atoms with E-state index in [1.54, 1.807) is 0 Å². The van der Waals surface area contributed by atoms with Crippen LogP contribution in [0.4, 0.5) is 11.6 Å². The van der Waals surface area contributed by atoms with Crippen molar-refractivity contribution in [3.63, 3.8) is 0 Å². The van der Waals surface area contributed by atoms with Crippen molar-refractivity contribution in [3.8, 4) is 0 Å². The zero-order chi connectivity index (χ0) is 12.9. The maximum absolute atomic E-state index is 10.1. The summed E-state index contributed by atoms with van der Waals surface area (Å²) in [5, 5.41) is 16.2. The molecule has 0 bridgehead atoms. The van der Waals surface area contributed by atoms with Gasteiger partial charge in [0.2, 0.25) is 0 Å². The number of nitrogens with one attached hydrogen (secondary N) is 2. The molecule has 1 rings (SSSR count). The van der Waals surface area contributed by atoms with Crippen LogP contribution < -0.4 is 10.6 Å². The highest BCUT2D eigenvalue weighted by Crippen LogP contribution is 2.11. The second-order valence-corrected chi connectivity index (χ2v) is 4.75. The molecule has 1 aromatic rings. The molecule has 0 saturated heterocycles. The minimum Gasteiger partial charge on any atom is -0.387 e. The molecule has 1 atom stereocenters. The first-order chi connectivity index (χ1) is 7.93. The number of aromatic nitrogens is 1. The summed E-state index contributed by atoms with van der Waals surface area (Å²) in [5.74, 6) is 1.57. The molecule has 0 spiro atoms. The summed E-state index contributed by atoms with van der Waals surface area (Å²) in [6, 6.07) is 5.69. The average Bonchev–Trinajstić information content (AvgIpc) is 2.25. The maximum Gasteiger partial charge on any atom is 0.128 e. The van der Waals surface area contributed by atoms with E-state index in [-0.39, 0.29) is 0 Å². The molecule has 1 aromatic heterocycles.